The normalized spacial score (nSPS) is 27.3. The molecule has 0 aliphatic heterocycles. The number of carbonyl (C=O) groups excluding carboxylic acids is 3. The molecule has 0 bridgehead atoms. The predicted octanol–water partition coefficient (Wildman–Crippen LogP) is 7.15. The summed E-state index contributed by atoms with van der Waals surface area (Å²) < 4.78 is 6.61. The second-order valence-electron chi connectivity index (χ2n) is 12.5. The summed E-state index contributed by atoms with van der Waals surface area (Å²) in [5.74, 6) is 0.594. The van der Waals surface area contributed by atoms with Gasteiger partial charge in [-0.2, -0.15) is 0 Å². The Hall–Kier alpha value is -2.31. The number of allylic oxidation sites excluding steroid dienone is 9. The average molecular weight is 597 g/mol. The van der Waals surface area contributed by atoms with E-state index in [1.165, 1.54) is 22.8 Å². The fourth-order valence-electron chi connectivity index (χ4n) is 6.15. The van der Waals surface area contributed by atoms with Crippen molar-refractivity contribution < 1.29 is 19.1 Å². The van der Waals surface area contributed by atoms with Crippen molar-refractivity contribution >= 4 is 33.5 Å². The maximum atomic E-state index is 12.8. The number of carbonyl (C=O) groups is 3. The Labute approximate surface area is 241 Å². The zero-order valence-electron chi connectivity index (χ0n) is 24.0. The Morgan fingerprint density at radius 2 is 1.90 bits per heavy atom. The molecule has 4 rings (SSSR count). The van der Waals surface area contributed by atoms with Gasteiger partial charge in [-0.3, -0.25) is 9.59 Å². The summed E-state index contributed by atoms with van der Waals surface area (Å²) in [4.78, 5) is 37.4. The average Bonchev–Trinajstić information content (AvgIpc) is 3.07. The first kappa shape index (κ1) is 29.7. The highest BCUT2D eigenvalue weighted by Gasteiger charge is 2.31. The Balaban J connectivity index is 1.42. The van der Waals surface area contributed by atoms with E-state index in [9.17, 15) is 14.4 Å². The van der Waals surface area contributed by atoms with Gasteiger partial charge in [-0.05, 0) is 110 Å². The third kappa shape index (κ3) is 7.88. The van der Waals surface area contributed by atoms with Gasteiger partial charge in [-0.1, -0.05) is 39.2 Å². The molecule has 0 heterocycles. The third-order valence-electron chi connectivity index (χ3n) is 8.32. The molecule has 1 fully saturated rings. The van der Waals surface area contributed by atoms with E-state index >= 15 is 0 Å². The number of hydrogen-bond acceptors (Lipinski definition) is 5. The molecule has 3 atom stereocenters. The van der Waals surface area contributed by atoms with E-state index in [0.717, 1.165) is 55.8 Å². The van der Waals surface area contributed by atoms with E-state index in [0.29, 0.717) is 35.1 Å². The molecule has 0 amide bonds. The highest BCUT2D eigenvalue weighted by atomic mass is 79.9. The fourth-order valence-corrected chi connectivity index (χ4v) is 6.60. The third-order valence-corrected chi connectivity index (χ3v) is 8.85. The molecule has 1 N–H and O–H groups in total. The number of nitrogens with one attached hydrogen (secondary N) is 1. The number of hydrogen-bond donors (Lipinski definition) is 1. The van der Waals surface area contributed by atoms with Crippen LogP contribution in [0, 0.1) is 11.8 Å². The molecule has 210 valence electrons. The molecular formula is C33H42BrNO4. The number of halogens is 1. The van der Waals surface area contributed by atoms with E-state index in [1.807, 2.05) is 20.8 Å². The van der Waals surface area contributed by atoms with Crippen LogP contribution < -0.4 is 5.32 Å². The molecule has 0 spiro atoms. The number of fused-ring (bicyclic) bond motifs is 1. The van der Waals surface area contributed by atoms with Gasteiger partial charge in [0.2, 0.25) is 0 Å². The minimum atomic E-state index is -0.473. The molecule has 39 heavy (non-hydrogen) atoms. The summed E-state index contributed by atoms with van der Waals surface area (Å²) in [6.45, 7) is 9.58. The van der Waals surface area contributed by atoms with Crippen molar-refractivity contribution in [2.24, 2.45) is 11.8 Å². The van der Waals surface area contributed by atoms with Crippen molar-refractivity contribution in [2.75, 3.05) is 6.54 Å². The van der Waals surface area contributed by atoms with E-state index in [-0.39, 0.29) is 23.6 Å². The van der Waals surface area contributed by atoms with Crippen LogP contribution in [0.15, 0.2) is 68.3 Å². The monoisotopic (exact) mass is 595 g/mol. The van der Waals surface area contributed by atoms with Crippen molar-refractivity contribution in [1.82, 2.24) is 5.32 Å². The van der Waals surface area contributed by atoms with Crippen LogP contribution in [0.4, 0.5) is 0 Å². The van der Waals surface area contributed by atoms with Crippen molar-refractivity contribution in [1.29, 1.82) is 0 Å². The summed E-state index contributed by atoms with van der Waals surface area (Å²) >= 11 is 3.66. The van der Waals surface area contributed by atoms with Crippen LogP contribution in [-0.4, -0.2) is 35.7 Å². The first-order valence-electron chi connectivity index (χ1n) is 14.3. The molecule has 3 unspecified atom stereocenters. The topological polar surface area (TPSA) is 72.5 Å². The Morgan fingerprint density at radius 3 is 2.64 bits per heavy atom. The van der Waals surface area contributed by atoms with Gasteiger partial charge in [-0.25, -0.2) is 4.79 Å². The van der Waals surface area contributed by atoms with Crippen LogP contribution in [-0.2, 0) is 19.1 Å². The van der Waals surface area contributed by atoms with Crippen LogP contribution in [0.5, 0.6) is 0 Å². The SMILES string of the molecule is CC1=C(C)C(=O)C(CNC2CC(CC3CCC/C(=C\C(=O)OC(C)(C)C)CC3)=C3C=CC(Br)=CC3C2)=CC1=O. The van der Waals surface area contributed by atoms with Gasteiger partial charge in [0.05, 0.1) is 0 Å². The van der Waals surface area contributed by atoms with E-state index in [2.05, 4.69) is 39.5 Å². The van der Waals surface area contributed by atoms with Gasteiger partial charge in [0.1, 0.15) is 5.60 Å². The summed E-state index contributed by atoms with van der Waals surface area (Å²) in [7, 11) is 0. The number of ketones is 2. The molecule has 5 nitrogen and oxygen atoms in total. The first-order chi connectivity index (χ1) is 18.4. The molecule has 0 radical (unpaired) electrons. The molecule has 6 heteroatoms. The maximum Gasteiger partial charge on any atom is 0.331 e. The first-order valence-corrected chi connectivity index (χ1v) is 15.1. The summed E-state index contributed by atoms with van der Waals surface area (Å²) in [6.07, 6.45) is 18.1. The lowest BCUT2D eigenvalue weighted by Gasteiger charge is -2.35. The van der Waals surface area contributed by atoms with Gasteiger partial charge in [0.25, 0.3) is 0 Å². The number of ether oxygens (including phenoxy) is 1. The number of esters is 1. The van der Waals surface area contributed by atoms with Crippen LogP contribution in [0.1, 0.15) is 86.0 Å². The van der Waals surface area contributed by atoms with Crippen LogP contribution in [0.2, 0.25) is 0 Å². The lowest BCUT2D eigenvalue weighted by molar-refractivity contribution is -0.148. The fraction of sp³-hybridized carbons (Fsp3) is 0.545. The van der Waals surface area contributed by atoms with Gasteiger partial charge < -0.3 is 10.1 Å². The largest absolute Gasteiger partial charge is 0.457 e. The lowest BCUT2D eigenvalue weighted by Crippen LogP contribution is -2.38. The van der Waals surface area contributed by atoms with Gasteiger partial charge in [0, 0.05) is 45.8 Å². The van der Waals surface area contributed by atoms with Crippen LogP contribution >= 0.6 is 15.9 Å². The molecular weight excluding hydrogens is 554 g/mol. The van der Waals surface area contributed by atoms with Gasteiger partial charge in [0.15, 0.2) is 11.6 Å². The molecule has 4 aliphatic carbocycles. The minimum absolute atomic E-state index is 0.0243. The van der Waals surface area contributed by atoms with E-state index in [4.69, 9.17) is 4.74 Å². The van der Waals surface area contributed by atoms with Crippen molar-refractivity contribution in [3.8, 4) is 0 Å². The zero-order chi connectivity index (χ0) is 28.3. The van der Waals surface area contributed by atoms with Crippen LogP contribution in [0.3, 0.4) is 0 Å². The molecule has 4 aliphatic rings. The summed E-state index contributed by atoms with van der Waals surface area (Å²) in [5.41, 5.74) is 5.33. The Kier molecular flexibility index (Phi) is 9.49. The highest BCUT2D eigenvalue weighted by molar-refractivity contribution is 9.11. The van der Waals surface area contributed by atoms with Gasteiger partial charge >= 0.3 is 5.97 Å². The van der Waals surface area contributed by atoms with Gasteiger partial charge in [-0.15, -0.1) is 0 Å². The molecule has 0 aromatic heterocycles. The lowest BCUT2D eigenvalue weighted by atomic mass is 9.75. The standard InChI is InChI=1S/C33H42BrNO4/c1-20-21(2)32(38)26(18-30(20)36)19-35-28-16-24(29-12-11-27(34)15-25(29)17-28)13-22-7-6-8-23(10-9-22)14-31(37)39-33(3,4)5/h11-12,14-15,18,22,25,28,35H,6-10,13,16-17,19H2,1-5H3/b23-14+. The van der Waals surface area contributed by atoms with Crippen LogP contribution in [0.25, 0.3) is 0 Å². The highest BCUT2D eigenvalue weighted by Crippen LogP contribution is 2.41. The quantitative estimate of drug-likeness (QED) is 0.153. The maximum absolute atomic E-state index is 12.8. The van der Waals surface area contributed by atoms with Crippen molar-refractivity contribution in [2.45, 2.75) is 97.6 Å². The minimum Gasteiger partial charge on any atom is -0.457 e. The van der Waals surface area contributed by atoms with Crippen molar-refractivity contribution in [3.05, 3.63) is 68.3 Å². The predicted molar refractivity (Wildman–Crippen MR) is 159 cm³/mol. The molecule has 1 saturated carbocycles. The zero-order valence-corrected chi connectivity index (χ0v) is 25.6. The smallest absolute Gasteiger partial charge is 0.331 e. The van der Waals surface area contributed by atoms with E-state index < -0.39 is 5.60 Å². The molecule has 0 aromatic carbocycles. The number of Topliss-reactive ketones (excluding diaryl/α,β-unsaturated/α-hetero) is 1. The second kappa shape index (κ2) is 12.5. The molecule has 0 aromatic rings. The van der Waals surface area contributed by atoms with E-state index in [1.54, 1.807) is 19.9 Å². The Morgan fingerprint density at radius 1 is 1.13 bits per heavy atom. The number of rotatable bonds is 6. The second-order valence-corrected chi connectivity index (χ2v) is 13.4. The molecule has 0 saturated heterocycles. The Bertz CT molecular complexity index is 1220. The summed E-state index contributed by atoms with van der Waals surface area (Å²) in [6, 6.07) is 0.237. The summed E-state index contributed by atoms with van der Waals surface area (Å²) in [5, 5.41) is 3.63. The van der Waals surface area contributed by atoms with Crippen molar-refractivity contribution in [3.63, 3.8) is 0 Å².